The fraction of sp³-hybridized carbons (Fsp3) is 0.385. The molecule has 92 valence electrons. The number of benzene rings is 1. The van der Waals surface area contributed by atoms with E-state index in [1.54, 1.807) is 6.92 Å². The van der Waals surface area contributed by atoms with E-state index in [2.05, 4.69) is 5.32 Å². The zero-order valence-corrected chi connectivity index (χ0v) is 10.1. The summed E-state index contributed by atoms with van der Waals surface area (Å²) in [6, 6.07) is 7.48. The molecular formula is C13H17NO3. The van der Waals surface area contributed by atoms with Crippen molar-refractivity contribution >= 4 is 17.6 Å². The number of carbonyl (C=O) groups excluding carboxylic acids is 1. The second-order valence-electron chi connectivity index (χ2n) is 4.32. The molecule has 1 atom stereocenters. The van der Waals surface area contributed by atoms with E-state index in [9.17, 15) is 9.59 Å². The summed E-state index contributed by atoms with van der Waals surface area (Å²) in [5, 5.41) is 11.3. The number of aliphatic carboxylic acids is 1. The van der Waals surface area contributed by atoms with Gasteiger partial charge in [-0.15, -0.1) is 0 Å². The van der Waals surface area contributed by atoms with Gasteiger partial charge in [0.15, 0.2) is 0 Å². The summed E-state index contributed by atoms with van der Waals surface area (Å²) in [7, 11) is 0. The lowest BCUT2D eigenvalue weighted by atomic mass is 10.0. The summed E-state index contributed by atoms with van der Waals surface area (Å²) in [5.74, 6) is -1.18. The lowest BCUT2D eigenvalue weighted by molar-refractivity contribution is -0.138. The minimum Gasteiger partial charge on any atom is -0.481 e. The number of aryl methyl sites for hydroxylation is 1. The van der Waals surface area contributed by atoms with Crippen molar-refractivity contribution in [3.05, 3.63) is 29.8 Å². The van der Waals surface area contributed by atoms with Crippen LogP contribution in [0.4, 0.5) is 5.69 Å². The van der Waals surface area contributed by atoms with E-state index < -0.39 is 5.97 Å². The normalized spacial score (nSPS) is 11.9. The SMILES string of the molecule is Cc1ccc(NC(=O)C[C@@H](C)CC(=O)O)cc1. The van der Waals surface area contributed by atoms with Gasteiger partial charge >= 0.3 is 5.97 Å². The fourth-order valence-corrected chi connectivity index (χ4v) is 1.54. The third-order valence-electron chi connectivity index (χ3n) is 2.39. The molecule has 0 unspecified atom stereocenters. The van der Waals surface area contributed by atoms with Gasteiger partial charge in [-0.2, -0.15) is 0 Å². The van der Waals surface area contributed by atoms with Gasteiger partial charge in [0.1, 0.15) is 0 Å². The van der Waals surface area contributed by atoms with Crippen molar-refractivity contribution in [2.75, 3.05) is 5.32 Å². The number of nitrogens with one attached hydrogen (secondary N) is 1. The number of amides is 1. The molecule has 17 heavy (non-hydrogen) atoms. The molecule has 0 aromatic heterocycles. The van der Waals surface area contributed by atoms with Crippen LogP contribution in [0.1, 0.15) is 25.3 Å². The van der Waals surface area contributed by atoms with E-state index in [-0.39, 0.29) is 24.7 Å². The maximum Gasteiger partial charge on any atom is 0.303 e. The number of carboxylic acids is 1. The molecule has 0 saturated heterocycles. The summed E-state index contributed by atoms with van der Waals surface area (Å²) in [6.45, 7) is 3.73. The first-order chi connectivity index (χ1) is 7.97. The van der Waals surface area contributed by atoms with Crippen LogP contribution in [0.15, 0.2) is 24.3 Å². The first kappa shape index (κ1) is 13.2. The molecule has 0 aliphatic heterocycles. The van der Waals surface area contributed by atoms with Crippen LogP contribution in [0.3, 0.4) is 0 Å². The van der Waals surface area contributed by atoms with Gasteiger partial charge in [-0.25, -0.2) is 0 Å². The van der Waals surface area contributed by atoms with E-state index in [0.29, 0.717) is 0 Å². The van der Waals surface area contributed by atoms with Crippen LogP contribution in [-0.4, -0.2) is 17.0 Å². The molecule has 0 saturated carbocycles. The predicted molar refractivity (Wildman–Crippen MR) is 65.8 cm³/mol. The molecule has 0 aliphatic carbocycles. The molecule has 2 N–H and O–H groups in total. The van der Waals surface area contributed by atoms with E-state index in [4.69, 9.17) is 5.11 Å². The minimum absolute atomic E-state index is 0.0152. The van der Waals surface area contributed by atoms with Crippen LogP contribution >= 0.6 is 0 Å². The van der Waals surface area contributed by atoms with Crippen molar-refractivity contribution in [3.63, 3.8) is 0 Å². The highest BCUT2D eigenvalue weighted by molar-refractivity contribution is 5.91. The van der Waals surface area contributed by atoms with E-state index in [1.165, 1.54) is 0 Å². The van der Waals surface area contributed by atoms with Gasteiger partial charge in [0.25, 0.3) is 0 Å². The Hall–Kier alpha value is -1.84. The number of anilines is 1. The Balaban J connectivity index is 2.44. The van der Waals surface area contributed by atoms with Crippen LogP contribution in [0.2, 0.25) is 0 Å². The molecule has 0 spiro atoms. The summed E-state index contributed by atoms with van der Waals surface area (Å²) in [6.07, 6.45) is 0.238. The van der Waals surface area contributed by atoms with Gasteiger partial charge in [0, 0.05) is 18.5 Å². The lowest BCUT2D eigenvalue weighted by Crippen LogP contribution is -2.16. The van der Waals surface area contributed by atoms with Crippen molar-refractivity contribution in [3.8, 4) is 0 Å². The van der Waals surface area contributed by atoms with Crippen LogP contribution in [-0.2, 0) is 9.59 Å². The standard InChI is InChI=1S/C13H17NO3/c1-9-3-5-11(6-4-9)14-12(15)7-10(2)8-13(16)17/h3-6,10H,7-8H2,1-2H3,(H,14,15)(H,16,17)/t10-/m1/s1. The van der Waals surface area contributed by atoms with Gasteiger partial charge in [-0.3, -0.25) is 9.59 Å². The third kappa shape index (κ3) is 5.15. The Morgan fingerprint density at radius 1 is 1.24 bits per heavy atom. The Kier molecular flexibility index (Phi) is 4.69. The average Bonchev–Trinajstić information content (AvgIpc) is 2.19. The van der Waals surface area contributed by atoms with Crippen LogP contribution < -0.4 is 5.32 Å². The van der Waals surface area contributed by atoms with Gasteiger partial charge < -0.3 is 10.4 Å². The maximum atomic E-state index is 11.6. The number of carboxylic acid groups (broad SMARTS) is 1. The second kappa shape index (κ2) is 6.03. The first-order valence-electron chi connectivity index (χ1n) is 5.55. The van der Waals surface area contributed by atoms with Crippen molar-refractivity contribution < 1.29 is 14.7 Å². The molecule has 0 fully saturated rings. The molecule has 1 aromatic carbocycles. The molecule has 4 nitrogen and oxygen atoms in total. The second-order valence-corrected chi connectivity index (χ2v) is 4.32. The van der Waals surface area contributed by atoms with Crippen LogP contribution in [0, 0.1) is 12.8 Å². The van der Waals surface area contributed by atoms with Gasteiger partial charge in [0.05, 0.1) is 0 Å². The minimum atomic E-state index is -0.874. The molecule has 0 aliphatic rings. The highest BCUT2D eigenvalue weighted by atomic mass is 16.4. The topological polar surface area (TPSA) is 66.4 Å². The first-order valence-corrected chi connectivity index (χ1v) is 5.55. The van der Waals surface area contributed by atoms with Gasteiger partial charge in [-0.05, 0) is 25.0 Å². The van der Waals surface area contributed by atoms with E-state index >= 15 is 0 Å². The quantitative estimate of drug-likeness (QED) is 0.823. The molecule has 4 heteroatoms. The lowest BCUT2D eigenvalue weighted by Gasteiger charge is -2.09. The zero-order chi connectivity index (χ0) is 12.8. The summed E-state index contributed by atoms with van der Waals surface area (Å²) in [4.78, 5) is 22.0. The largest absolute Gasteiger partial charge is 0.481 e. The van der Waals surface area contributed by atoms with Crippen molar-refractivity contribution in [2.24, 2.45) is 5.92 Å². The number of carbonyl (C=O) groups is 2. The molecule has 1 amide bonds. The summed E-state index contributed by atoms with van der Waals surface area (Å²) in [5.41, 5.74) is 1.87. The number of hydrogen-bond donors (Lipinski definition) is 2. The Bertz CT molecular complexity index is 398. The van der Waals surface area contributed by atoms with Crippen molar-refractivity contribution in [1.29, 1.82) is 0 Å². The van der Waals surface area contributed by atoms with E-state index in [1.807, 2.05) is 31.2 Å². The number of hydrogen-bond acceptors (Lipinski definition) is 2. The highest BCUT2D eigenvalue weighted by Gasteiger charge is 2.12. The average molecular weight is 235 g/mol. The molecule has 1 rings (SSSR count). The molecule has 1 aromatic rings. The van der Waals surface area contributed by atoms with Crippen molar-refractivity contribution in [2.45, 2.75) is 26.7 Å². The Labute approximate surface area is 101 Å². The fourth-order valence-electron chi connectivity index (χ4n) is 1.54. The van der Waals surface area contributed by atoms with Gasteiger partial charge in [-0.1, -0.05) is 24.6 Å². The summed E-state index contributed by atoms with van der Waals surface area (Å²) >= 11 is 0. The van der Waals surface area contributed by atoms with Gasteiger partial charge in [0.2, 0.25) is 5.91 Å². The van der Waals surface area contributed by atoms with E-state index in [0.717, 1.165) is 11.3 Å². The molecule has 0 bridgehead atoms. The zero-order valence-electron chi connectivity index (χ0n) is 10.1. The monoisotopic (exact) mass is 235 g/mol. The Morgan fingerprint density at radius 2 is 1.82 bits per heavy atom. The molecular weight excluding hydrogens is 218 g/mol. The Morgan fingerprint density at radius 3 is 2.35 bits per heavy atom. The third-order valence-corrected chi connectivity index (χ3v) is 2.39. The summed E-state index contributed by atoms with van der Waals surface area (Å²) < 4.78 is 0. The number of rotatable bonds is 5. The predicted octanol–water partition coefficient (Wildman–Crippen LogP) is 2.43. The van der Waals surface area contributed by atoms with Crippen LogP contribution in [0.25, 0.3) is 0 Å². The molecule has 0 radical (unpaired) electrons. The van der Waals surface area contributed by atoms with Crippen LogP contribution in [0.5, 0.6) is 0 Å². The van der Waals surface area contributed by atoms with Crippen molar-refractivity contribution in [1.82, 2.24) is 0 Å². The smallest absolute Gasteiger partial charge is 0.303 e. The highest BCUT2D eigenvalue weighted by Crippen LogP contribution is 2.12. The molecule has 0 heterocycles. The maximum absolute atomic E-state index is 11.6.